The molecule has 88 valence electrons. The van der Waals surface area contributed by atoms with Crippen molar-refractivity contribution in [2.24, 2.45) is 5.73 Å². The molecule has 0 amide bonds. The van der Waals surface area contributed by atoms with Gasteiger partial charge in [0.05, 0.1) is 5.69 Å². The van der Waals surface area contributed by atoms with Gasteiger partial charge in [0.2, 0.25) is 0 Å². The number of nitrogens with two attached hydrogens (primary N) is 1. The van der Waals surface area contributed by atoms with E-state index < -0.39 is 0 Å². The minimum Gasteiger partial charge on any atom is -0.330 e. The van der Waals surface area contributed by atoms with Crippen LogP contribution in [0.25, 0.3) is 0 Å². The number of rotatable bonds is 3. The second-order valence-electron chi connectivity index (χ2n) is 3.63. The first-order chi connectivity index (χ1) is 8.20. The van der Waals surface area contributed by atoms with Gasteiger partial charge >= 0.3 is 0 Å². The first-order valence-corrected chi connectivity index (χ1v) is 5.61. The molecule has 4 nitrogen and oxygen atoms in total. The number of halogens is 1. The van der Waals surface area contributed by atoms with Crippen molar-refractivity contribution < 1.29 is 4.79 Å². The summed E-state index contributed by atoms with van der Waals surface area (Å²) in [5, 5.41) is 0.540. The van der Waals surface area contributed by atoms with E-state index in [0.717, 1.165) is 5.69 Å². The summed E-state index contributed by atoms with van der Waals surface area (Å²) in [6.07, 6.45) is 3.85. The molecule has 0 aliphatic rings. The number of carbonyl (C=O) groups is 1. The van der Waals surface area contributed by atoms with Gasteiger partial charge in [-0.1, -0.05) is 17.7 Å². The predicted molar refractivity (Wildman–Crippen MR) is 66.2 cm³/mol. The minimum absolute atomic E-state index is 0.150. The molecule has 1 aromatic heterocycles. The van der Waals surface area contributed by atoms with Gasteiger partial charge in [-0.2, -0.15) is 0 Å². The lowest BCUT2D eigenvalue weighted by Crippen LogP contribution is -2.09. The summed E-state index contributed by atoms with van der Waals surface area (Å²) in [5.74, 6) is -0.150. The average Bonchev–Trinajstić information content (AvgIpc) is 2.77. The Hall–Kier alpha value is -1.65. The number of aromatic nitrogens is 2. The van der Waals surface area contributed by atoms with Gasteiger partial charge < -0.3 is 5.73 Å². The second kappa shape index (κ2) is 5.12. The fraction of sp³-hybridized carbons (Fsp3) is 0.167. The fourth-order valence-corrected chi connectivity index (χ4v) is 1.71. The van der Waals surface area contributed by atoms with Crippen LogP contribution in [0.2, 0.25) is 5.02 Å². The maximum Gasteiger partial charge on any atom is 0.263 e. The summed E-state index contributed by atoms with van der Waals surface area (Å²) in [6, 6.07) is 6.82. The molecule has 0 saturated heterocycles. The highest BCUT2D eigenvalue weighted by atomic mass is 35.5. The topological polar surface area (TPSA) is 60.9 Å². The Kier molecular flexibility index (Phi) is 3.56. The molecule has 0 fully saturated rings. The SMILES string of the molecule is NCCc1cn(C(=O)c2cccc(Cl)c2)cn1. The van der Waals surface area contributed by atoms with Crippen molar-refractivity contribution in [3.8, 4) is 0 Å². The normalized spacial score (nSPS) is 10.5. The van der Waals surface area contributed by atoms with Crippen molar-refractivity contribution in [1.82, 2.24) is 9.55 Å². The molecule has 1 aromatic carbocycles. The van der Waals surface area contributed by atoms with Crippen molar-refractivity contribution in [3.63, 3.8) is 0 Å². The van der Waals surface area contributed by atoms with Gasteiger partial charge in [-0.05, 0) is 24.7 Å². The van der Waals surface area contributed by atoms with Crippen LogP contribution in [0.5, 0.6) is 0 Å². The molecular formula is C12H12ClN3O. The summed E-state index contributed by atoms with van der Waals surface area (Å²) in [7, 11) is 0. The predicted octanol–water partition coefficient (Wildman–Crippen LogP) is 1.73. The van der Waals surface area contributed by atoms with Gasteiger partial charge in [0.1, 0.15) is 6.33 Å². The lowest BCUT2D eigenvalue weighted by molar-refractivity contribution is 0.0959. The van der Waals surface area contributed by atoms with E-state index >= 15 is 0 Å². The Morgan fingerprint density at radius 2 is 2.29 bits per heavy atom. The molecule has 0 atom stereocenters. The third-order valence-electron chi connectivity index (χ3n) is 2.34. The molecule has 0 unspecified atom stereocenters. The largest absolute Gasteiger partial charge is 0.330 e. The van der Waals surface area contributed by atoms with Crippen LogP contribution in [0.3, 0.4) is 0 Å². The quantitative estimate of drug-likeness (QED) is 0.901. The number of nitrogens with zero attached hydrogens (tertiary/aromatic N) is 2. The summed E-state index contributed by atoms with van der Waals surface area (Å²) < 4.78 is 1.44. The third-order valence-corrected chi connectivity index (χ3v) is 2.58. The maximum atomic E-state index is 12.0. The number of hydrogen-bond donors (Lipinski definition) is 1. The molecule has 0 bridgehead atoms. The highest BCUT2D eigenvalue weighted by molar-refractivity contribution is 6.31. The van der Waals surface area contributed by atoms with Crippen LogP contribution in [0.1, 0.15) is 16.1 Å². The van der Waals surface area contributed by atoms with Gasteiger partial charge in [-0.15, -0.1) is 0 Å². The monoisotopic (exact) mass is 249 g/mol. The van der Waals surface area contributed by atoms with Crippen LogP contribution in [0.4, 0.5) is 0 Å². The second-order valence-corrected chi connectivity index (χ2v) is 4.06. The first-order valence-electron chi connectivity index (χ1n) is 5.24. The summed E-state index contributed by atoms with van der Waals surface area (Å²) in [5.41, 5.74) is 6.77. The van der Waals surface area contributed by atoms with Crippen molar-refractivity contribution in [1.29, 1.82) is 0 Å². The zero-order chi connectivity index (χ0) is 12.3. The summed E-state index contributed by atoms with van der Waals surface area (Å²) >= 11 is 5.84. The van der Waals surface area contributed by atoms with Crippen LogP contribution >= 0.6 is 11.6 Å². The van der Waals surface area contributed by atoms with Crippen molar-refractivity contribution in [2.75, 3.05) is 6.54 Å². The highest BCUT2D eigenvalue weighted by Crippen LogP contribution is 2.12. The molecule has 0 aliphatic carbocycles. The van der Waals surface area contributed by atoms with Gasteiger partial charge in [-0.3, -0.25) is 9.36 Å². The third kappa shape index (κ3) is 2.72. The minimum atomic E-state index is -0.150. The molecule has 2 N–H and O–H groups in total. The molecule has 0 aliphatic heterocycles. The Morgan fingerprint density at radius 3 is 3.00 bits per heavy atom. The molecule has 2 aromatic rings. The standard InChI is InChI=1S/C12H12ClN3O/c13-10-3-1-2-9(6-10)12(17)16-7-11(4-5-14)15-8-16/h1-3,6-8H,4-5,14H2. The highest BCUT2D eigenvalue weighted by Gasteiger charge is 2.09. The van der Waals surface area contributed by atoms with Crippen molar-refractivity contribution in [2.45, 2.75) is 6.42 Å². The lowest BCUT2D eigenvalue weighted by Gasteiger charge is -2.01. The number of hydrogen-bond acceptors (Lipinski definition) is 3. The molecule has 0 spiro atoms. The van der Waals surface area contributed by atoms with E-state index in [0.29, 0.717) is 23.6 Å². The van der Waals surface area contributed by atoms with Gasteiger partial charge in [0.25, 0.3) is 5.91 Å². The Balaban J connectivity index is 2.24. The maximum absolute atomic E-state index is 12.0. The Bertz CT molecular complexity index is 536. The van der Waals surface area contributed by atoms with E-state index in [1.165, 1.54) is 10.9 Å². The van der Waals surface area contributed by atoms with E-state index in [1.807, 2.05) is 0 Å². The van der Waals surface area contributed by atoms with Crippen LogP contribution in [0.15, 0.2) is 36.8 Å². The first kappa shape index (κ1) is 11.8. The summed E-state index contributed by atoms with van der Waals surface area (Å²) in [6.45, 7) is 0.516. The molecular weight excluding hydrogens is 238 g/mol. The van der Waals surface area contributed by atoms with E-state index in [-0.39, 0.29) is 5.91 Å². The molecule has 5 heteroatoms. The van der Waals surface area contributed by atoms with Crippen molar-refractivity contribution >= 4 is 17.5 Å². The van der Waals surface area contributed by atoms with E-state index in [4.69, 9.17) is 17.3 Å². The smallest absolute Gasteiger partial charge is 0.263 e. The van der Waals surface area contributed by atoms with E-state index in [2.05, 4.69) is 4.98 Å². The van der Waals surface area contributed by atoms with Gasteiger partial charge in [0, 0.05) is 23.2 Å². The molecule has 0 radical (unpaired) electrons. The van der Waals surface area contributed by atoms with Gasteiger partial charge in [-0.25, -0.2) is 4.98 Å². The van der Waals surface area contributed by atoms with E-state index in [1.54, 1.807) is 30.5 Å². The lowest BCUT2D eigenvalue weighted by atomic mass is 10.2. The number of carbonyl (C=O) groups excluding carboxylic acids is 1. The zero-order valence-electron chi connectivity index (χ0n) is 9.14. The van der Waals surface area contributed by atoms with E-state index in [9.17, 15) is 4.79 Å². The van der Waals surface area contributed by atoms with Crippen LogP contribution < -0.4 is 5.73 Å². The van der Waals surface area contributed by atoms with Gasteiger partial charge in [0.15, 0.2) is 0 Å². The number of benzene rings is 1. The summed E-state index contributed by atoms with van der Waals surface area (Å²) in [4.78, 5) is 16.2. The fourth-order valence-electron chi connectivity index (χ4n) is 1.52. The number of imidazole rings is 1. The van der Waals surface area contributed by atoms with Crippen LogP contribution in [-0.4, -0.2) is 22.0 Å². The van der Waals surface area contributed by atoms with Crippen LogP contribution in [0, 0.1) is 0 Å². The molecule has 17 heavy (non-hydrogen) atoms. The Morgan fingerprint density at radius 1 is 1.47 bits per heavy atom. The molecule has 0 saturated carbocycles. The molecule has 1 heterocycles. The van der Waals surface area contributed by atoms with Crippen molar-refractivity contribution in [3.05, 3.63) is 53.1 Å². The Labute approximate surface area is 104 Å². The molecule has 2 rings (SSSR count). The van der Waals surface area contributed by atoms with Crippen LogP contribution in [-0.2, 0) is 6.42 Å². The average molecular weight is 250 g/mol. The zero-order valence-corrected chi connectivity index (χ0v) is 9.89.